The number of non-ortho nitro benzene ring substituents is 1. The number of amides is 2. The summed E-state index contributed by atoms with van der Waals surface area (Å²) in [7, 11) is 0. The Morgan fingerprint density at radius 3 is 2.23 bits per heavy atom. The zero-order chi connectivity index (χ0) is 19.6. The van der Waals surface area contributed by atoms with Crippen LogP contribution in [0.15, 0.2) is 30.5 Å². The van der Waals surface area contributed by atoms with Gasteiger partial charge in [0.05, 0.1) is 26.2 Å². The molecular formula is C16H12Cl3N3O4. The minimum Gasteiger partial charge on any atom is -0.274 e. The molecular weight excluding hydrogens is 405 g/mol. The van der Waals surface area contributed by atoms with Gasteiger partial charge in [-0.1, -0.05) is 48.7 Å². The largest absolute Gasteiger partial charge is 0.274 e. The van der Waals surface area contributed by atoms with Gasteiger partial charge in [-0.2, -0.15) is 0 Å². The number of nitrogens with zero attached hydrogens (tertiary/aromatic N) is 3. The van der Waals surface area contributed by atoms with Gasteiger partial charge in [-0.25, -0.2) is 9.88 Å². The maximum absolute atomic E-state index is 13.0. The first-order chi connectivity index (χ1) is 12.1. The lowest BCUT2D eigenvalue weighted by molar-refractivity contribution is -0.384. The molecule has 0 unspecified atom stereocenters. The van der Waals surface area contributed by atoms with Gasteiger partial charge in [-0.15, -0.1) is 0 Å². The molecule has 0 saturated carbocycles. The van der Waals surface area contributed by atoms with Crippen molar-refractivity contribution >= 4 is 58.0 Å². The fraction of sp³-hybridized carbons (Fsp3) is 0.188. The second kappa shape index (κ2) is 7.99. The number of aromatic nitrogens is 1. The summed E-state index contributed by atoms with van der Waals surface area (Å²) in [6, 6.07) is 4.91. The lowest BCUT2D eigenvalue weighted by atomic mass is 10.1. The Labute approximate surface area is 163 Å². The molecule has 0 fully saturated rings. The van der Waals surface area contributed by atoms with Crippen LogP contribution in [0.3, 0.4) is 0 Å². The Bertz CT molecular complexity index is 879. The SMILES string of the molecule is CC(C)C(=O)N(C(=O)c1cccnc1Cl)c1c(Cl)cc([N+](=O)[O-])cc1Cl. The molecule has 2 rings (SSSR count). The number of nitro benzene ring substituents is 1. The highest BCUT2D eigenvalue weighted by molar-refractivity contribution is 6.43. The average Bonchev–Trinajstić information content (AvgIpc) is 2.57. The van der Waals surface area contributed by atoms with E-state index in [1.807, 2.05) is 0 Å². The summed E-state index contributed by atoms with van der Waals surface area (Å²) < 4.78 is 0. The van der Waals surface area contributed by atoms with Crippen LogP contribution >= 0.6 is 34.8 Å². The second-order valence-electron chi connectivity index (χ2n) is 5.49. The highest BCUT2D eigenvalue weighted by atomic mass is 35.5. The molecule has 26 heavy (non-hydrogen) atoms. The molecule has 1 aromatic carbocycles. The van der Waals surface area contributed by atoms with E-state index < -0.39 is 22.7 Å². The van der Waals surface area contributed by atoms with Crippen molar-refractivity contribution in [2.45, 2.75) is 13.8 Å². The van der Waals surface area contributed by atoms with Gasteiger partial charge in [0.2, 0.25) is 5.91 Å². The molecule has 136 valence electrons. The van der Waals surface area contributed by atoms with Crippen molar-refractivity contribution in [2.24, 2.45) is 5.92 Å². The Balaban J connectivity index is 2.68. The summed E-state index contributed by atoms with van der Waals surface area (Å²) in [5.41, 5.74) is -0.552. The van der Waals surface area contributed by atoms with Crippen molar-refractivity contribution in [3.8, 4) is 0 Å². The van der Waals surface area contributed by atoms with Crippen molar-refractivity contribution in [3.05, 3.63) is 61.3 Å². The van der Waals surface area contributed by atoms with Gasteiger partial charge in [0.1, 0.15) is 5.15 Å². The van der Waals surface area contributed by atoms with Crippen LogP contribution in [0.2, 0.25) is 15.2 Å². The van der Waals surface area contributed by atoms with E-state index in [1.165, 1.54) is 18.3 Å². The Morgan fingerprint density at radius 2 is 1.77 bits per heavy atom. The molecule has 0 spiro atoms. The van der Waals surface area contributed by atoms with Crippen molar-refractivity contribution in [3.63, 3.8) is 0 Å². The first kappa shape index (κ1) is 20.1. The smallest absolute Gasteiger partial charge is 0.272 e. The molecule has 2 amide bonds. The molecule has 10 heteroatoms. The fourth-order valence-corrected chi connectivity index (χ4v) is 2.95. The fourth-order valence-electron chi connectivity index (χ4n) is 2.11. The molecule has 0 saturated heterocycles. The summed E-state index contributed by atoms with van der Waals surface area (Å²) in [5, 5.41) is 10.4. The number of carbonyl (C=O) groups is 2. The molecule has 0 aliphatic rings. The highest BCUT2D eigenvalue weighted by Crippen LogP contribution is 2.39. The zero-order valence-corrected chi connectivity index (χ0v) is 15.8. The molecule has 0 radical (unpaired) electrons. The van der Waals surface area contributed by atoms with Crippen LogP contribution in [-0.2, 0) is 4.79 Å². The monoisotopic (exact) mass is 415 g/mol. The average molecular weight is 417 g/mol. The maximum Gasteiger partial charge on any atom is 0.272 e. The predicted molar refractivity (Wildman–Crippen MR) is 99.0 cm³/mol. The van der Waals surface area contributed by atoms with Gasteiger partial charge in [-0.05, 0) is 12.1 Å². The molecule has 1 aromatic heterocycles. The summed E-state index contributed by atoms with van der Waals surface area (Å²) in [6.45, 7) is 3.17. The first-order valence-electron chi connectivity index (χ1n) is 7.27. The quantitative estimate of drug-likeness (QED) is 0.406. The lowest BCUT2D eigenvalue weighted by Crippen LogP contribution is -2.40. The topological polar surface area (TPSA) is 93.4 Å². The minimum atomic E-state index is -0.792. The Morgan fingerprint density at radius 1 is 1.19 bits per heavy atom. The number of imide groups is 1. The molecule has 0 aliphatic carbocycles. The zero-order valence-electron chi connectivity index (χ0n) is 13.6. The molecule has 0 aliphatic heterocycles. The maximum atomic E-state index is 13.0. The van der Waals surface area contributed by atoms with E-state index >= 15 is 0 Å². The van der Waals surface area contributed by atoms with E-state index in [-0.39, 0.29) is 32.1 Å². The number of halogens is 3. The highest BCUT2D eigenvalue weighted by Gasteiger charge is 2.32. The summed E-state index contributed by atoms with van der Waals surface area (Å²) in [6.07, 6.45) is 1.39. The van der Waals surface area contributed by atoms with E-state index in [1.54, 1.807) is 13.8 Å². The number of pyridine rings is 1. The van der Waals surface area contributed by atoms with Gasteiger partial charge in [-0.3, -0.25) is 19.7 Å². The first-order valence-corrected chi connectivity index (χ1v) is 8.40. The number of anilines is 1. The minimum absolute atomic E-state index is 0.0337. The molecule has 0 atom stereocenters. The van der Waals surface area contributed by atoms with E-state index in [0.29, 0.717) is 0 Å². The van der Waals surface area contributed by atoms with Crippen molar-refractivity contribution < 1.29 is 14.5 Å². The number of carbonyl (C=O) groups excluding carboxylic acids is 2. The third-order valence-electron chi connectivity index (χ3n) is 3.34. The molecule has 7 nitrogen and oxygen atoms in total. The Hall–Kier alpha value is -2.22. The van der Waals surface area contributed by atoms with Gasteiger partial charge in [0, 0.05) is 24.2 Å². The number of hydrogen-bond acceptors (Lipinski definition) is 5. The lowest BCUT2D eigenvalue weighted by Gasteiger charge is -2.25. The van der Waals surface area contributed by atoms with Crippen LogP contribution in [0, 0.1) is 16.0 Å². The van der Waals surface area contributed by atoms with E-state index in [4.69, 9.17) is 34.8 Å². The predicted octanol–water partition coefficient (Wildman–Crippen LogP) is 4.78. The third-order valence-corrected chi connectivity index (χ3v) is 4.22. The summed E-state index contributed by atoms with van der Waals surface area (Å²) in [4.78, 5) is 40.5. The molecule has 2 aromatic rings. The van der Waals surface area contributed by atoms with Crippen LogP contribution in [-0.4, -0.2) is 21.7 Å². The van der Waals surface area contributed by atoms with E-state index in [0.717, 1.165) is 17.0 Å². The Kier molecular flexibility index (Phi) is 6.17. The molecule has 1 heterocycles. The van der Waals surface area contributed by atoms with Gasteiger partial charge in [0.25, 0.3) is 11.6 Å². The second-order valence-corrected chi connectivity index (χ2v) is 6.66. The molecule has 0 bridgehead atoms. The van der Waals surface area contributed by atoms with Crippen LogP contribution in [0.25, 0.3) is 0 Å². The summed E-state index contributed by atoms with van der Waals surface area (Å²) >= 11 is 18.2. The van der Waals surface area contributed by atoms with Crippen LogP contribution in [0.4, 0.5) is 11.4 Å². The van der Waals surface area contributed by atoms with Gasteiger partial charge >= 0.3 is 0 Å². The van der Waals surface area contributed by atoms with Crippen LogP contribution < -0.4 is 4.90 Å². The van der Waals surface area contributed by atoms with Crippen molar-refractivity contribution in [1.82, 2.24) is 4.98 Å². The number of rotatable bonds is 4. The van der Waals surface area contributed by atoms with Gasteiger partial charge in [0.15, 0.2) is 0 Å². The number of hydrogen-bond donors (Lipinski definition) is 0. The normalized spacial score (nSPS) is 10.7. The van der Waals surface area contributed by atoms with E-state index in [2.05, 4.69) is 4.98 Å². The standard InChI is InChI=1S/C16H12Cl3N3O4/c1-8(2)15(23)21(16(24)10-4-3-5-20-14(10)19)13-11(17)6-9(22(25)26)7-12(13)18/h3-8H,1-2H3. The van der Waals surface area contributed by atoms with Gasteiger partial charge < -0.3 is 0 Å². The summed E-state index contributed by atoms with van der Waals surface area (Å²) in [5.74, 6) is -1.98. The van der Waals surface area contributed by atoms with Crippen LogP contribution in [0.1, 0.15) is 24.2 Å². The molecule has 0 N–H and O–H groups in total. The van der Waals surface area contributed by atoms with Crippen molar-refractivity contribution in [2.75, 3.05) is 4.90 Å². The number of nitro groups is 1. The van der Waals surface area contributed by atoms with E-state index in [9.17, 15) is 19.7 Å². The third kappa shape index (κ3) is 3.95. The van der Waals surface area contributed by atoms with Crippen molar-refractivity contribution in [1.29, 1.82) is 0 Å². The van der Waals surface area contributed by atoms with Crippen LogP contribution in [0.5, 0.6) is 0 Å². The number of benzene rings is 1.